The number of carbonyl (C=O) groups is 1. The van der Waals surface area contributed by atoms with Crippen molar-refractivity contribution in [2.75, 3.05) is 29.9 Å². The van der Waals surface area contributed by atoms with Crippen molar-refractivity contribution < 1.29 is 14.3 Å². The number of amides is 1. The molecule has 2 aromatic carbocycles. The van der Waals surface area contributed by atoms with Gasteiger partial charge in [0.1, 0.15) is 5.82 Å². The number of hydrogen-bond acceptors (Lipinski definition) is 4. The Kier molecular flexibility index (Phi) is 6.29. The monoisotopic (exact) mass is 371 g/mol. The molecular weight excluding hydrogens is 345 g/mol. The van der Waals surface area contributed by atoms with E-state index in [1.165, 1.54) is 12.1 Å². The Balaban J connectivity index is 1.56. The zero-order valence-electron chi connectivity index (χ0n) is 15.5. The van der Waals surface area contributed by atoms with Crippen LogP contribution in [0.4, 0.5) is 15.8 Å². The average Bonchev–Trinajstić information content (AvgIpc) is 2.68. The summed E-state index contributed by atoms with van der Waals surface area (Å²) in [7, 11) is 0. The van der Waals surface area contributed by atoms with E-state index in [-0.39, 0.29) is 30.4 Å². The van der Waals surface area contributed by atoms with E-state index in [9.17, 15) is 14.3 Å². The molecular formula is C21H26FN3O2. The van der Waals surface area contributed by atoms with Crippen LogP contribution in [0.25, 0.3) is 0 Å². The van der Waals surface area contributed by atoms with Crippen LogP contribution < -0.4 is 15.5 Å². The summed E-state index contributed by atoms with van der Waals surface area (Å²) in [6.07, 6.45) is 1.29. The van der Waals surface area contributed by atoms with Crippen molar-refractivity contribution in [3.63, 3.8) is 0 Å². The lowest BCUT2D eigenvalue weighted by molar-refractivity contribution is -0.120. The second-order valence-electron chi connectivity index (χ2n) is 6.93. The first kappa shape index (κ1) is 19.2. The fraction of sp³-hybridized carbons (Fsp3) is 0.381. The van der Waals surface area contributed by atoms with Crippen LogP contribution in [0, 0.1) is 5.82 Å². The van der Waals surface area contributed by atoms with Gasteiger partial charge in [0, 0.05) is 13.1 Å². The number of hydrogen-bond donors (Lipinski definition) is 3. The van der Waals surface area contributed by atoms with Crippen LogP contribution in [0.15, 0.2) is 48.5 Å². The lowest BCUT2D eigenvalue weighted by Gasteiger charge is -2.33. The summed E-state index contributed by atoms with van der Waals surface area (Å²) in [6, 6.07) is 13.8. The van der Waals surface area contributed by atoms with Gasteiger partial charge in [-0.25, -0.2) is 4.39 Å². The van der Waals surface area contributed by atoms with Crippen molar-refractivity contribution in [3.8, 4) is 0 Å². The molecule has 1 fully saturated rings. The van der Waals surface area contributed by atoms with E-state index in [0.29, 0.717) is 0 Å². The summed E-state index contributed by atoms with van der Waals surface area (Å²) >= 11 is 0. The van der Waals surface area contributed by atoms with E-state index < -0.39 is 0 Å². The number of nitrogens with one attached hydrogen (secondary N) is 2. The molecule has 1 saturated heterocycles. The van der Waals surface area contributed by atoms with Crippen molar-refractivity contribution in [3.05, 3.63) is 59.9 Å². The maximum absolute atomic E-state index is 13.0. The SMILES string of the molecule is CC(NC(=O)CNc1ccccc1N1CCC(O)CC1)c1ccc(F)cc1. The molecule has 0 radical (unpaired) electrons. The summed E-state index contributed by atoms with van der Waals surface area (Å²) in [6.45, 7) is 3.62. The lowest BCUT2D eigenvalue weighted by atomic mass is 10.1. The Morgan fingerprint density at radius 3 is 2.56 bits per heavy atom. The molecule has 0 saturated carbocycles. The Labute approximate surface area is 159 Å². The molecule has 0 spiro atoms. The quantitative estimate of drug-likeness (QED) is 0.730. The fourth-order valence-electron chi connectivity index (χ4n) is 3.31. The van der Waals surface area contributed by atoms with Crippen LogP contribution in [-0.4, -0.2) is 36.8 Å². The smallest absolute Gasteiger partial charge is 0.239 e. The van der Waals surface area contributed by atoms with E-state index in [1.54, 1.807) is 12.1 Å². The third kappa shape index (κ3) is 5.20. The van der Waals surface area contributed by atoms with Crippen molar-refractivity contribution in [1.29, 1.82) is 0 Å². The van der Waals surface area contributed by atoms with Crippen molar-refractivity contribution in [2.24, 2.45) is 0 Å². The zero-order valence-corrected chi connectivity index (χ0v) is 15.5. The number of nitrogens with zero attached hydrogens (tertiary/aromatic N) is 1. The first-order valence-electron chi connectivity index (χ1n) is 9.33. The number of piperidine rings is 1. The summed E-state index contributed by atoms with van der Waals surface area (Å²) < 4.78 is 13.0. The first-order chi connectivity index (χ1) is 13.0. The van der Waals surface area contributed by atoms with Gasteiger partial charge < -0.3 is 20.6 Å². The Morgan fingerprint density at radius 2 is 1.85 bits per heavy atom. The number of para-hydroxylation sites is 2. The van der Waals surface area contributed by atoms with Crippen LogP contribution in [0.3, 0.4) is 0 Å². The van der Waals surface area contributed by atoms with Gasteiger partial charge in [-0.15, -0.1) is 0 Å². The third-order valence-corrected chi connectivity index (χ3v) is 4.90. The van der Waals surface area contributed by atoms with Crippen molar-refractivity contribution in [2.45, 2.75) is 31.9 Å². The molecule has 0 bridgehead atoms. The van der Waals surface area contributed by atoms with Gasteiger partial charge in [-0.3, -0.25) is 4.79 Å². The van der Waals surface area contributed by atoms with Crippen LogP contribution in [0.2, 0.25) is 0 Å². The highest BCUT2D eigenvalue weighted by Gasteiger charge is 2.19. The molecule has 6 heteroatoms. The third-order valence-electron chi connectivity index (χ3n) is 4.90. The maximum atomic E-state index is 13.0. The Morgan fingerprint density at radius 1 is 1.19 bits per heavy atom. The van der Waals surface area contributed by atoms with Crippen molar-refractivity contribution >= 4 is 17.3 Å². The van der Waals surface area contributed by atoms with Gasteiger partial charge in [-0.05, 0) is 49.6 Å². The van der Waals surface area contributed by atoms with Gasteiger partial charge in [0.15, 0.2) is 0 Å². The zero-order chi connectivity index (χ0) is 19.2. The fourth-order valence-corrected chi connectivity index (χ4v) is 3.31. The molecule has 5 nitrogen and oxygen atoms in total. The maximum Gasteiger partial charge on any atom is 0.239 e. The number of anilines is 2. The topological polar surface area (TPSA) is 64.6 Å². The van der Waals surface area contributed by atoms with Gasteiger partial charge in [-0.2, -0.15) is 0 Å². The molecule has 3 N–H and O–H groups in total. The molecule has 1 aliphatic heterocycles. The number of halogens is 1. The normalized spacial score (nSPS) is 16.0. The summed E-state index contributed by atoms with van der Waals surface area (Å²) in [4.78, 5) is 14.5. The van der Waals surface area contributed by atoms with Crippen molar-refractivity contribution in [1.82, 2.24) is 5.32 Å². The van der Waals surface area contributed by atoms with Crippen LogP contribution in [0.1, 0.15) is 31.4 Å². The van der Waals surface area contributed by atoms with Gasteiger partial charge in [0.2, 0.25) is 5.91 Å². The minimum atomic E-state index is -0.291. The highest BCUT2D eigenvalue weighted by Crippen LogP contribution is 2.28. The van der Waals surface area contributed by atoms with E-state index in [2.05, 4.69) is 15.5 Å². The molecule has 1 amide bonds. The summed E-state index contributed by atoms with van der Waals surface area (Å²) in [5.41, 5.74) is 2.80. The average molecular weight is 371 g/mol. The first-order valence-corrected chi connectivity index (χ1v) is 9.33. The Hall–Kier alpha value is -2.60. The number of rotatable bonds is 6. The highest BCUT2D eigenvalue weighted by atomic mass is 19.1. The molecule has 144 valence electrons. The van der Waals surface area contributed by atoms with Gasteiger partial charge in [0.25, 0.3) is 0 Å². The molecule has 1 unspecified atom stereocenters. The molecule has 3 rings (SSSR count). The van der Waals surface area contributed by atoms with E-state index in [4.69, 9.17) is 0 Å². The van der Waals surface area contributed by atoms with E-state index in [0.717, 1.165) is 42.9 Å². The molecule has 1 aliphatic rings. The number of benzene rings is 2. The standard InChI is InChI=1S/C21H26FN3O2/c1-15(16-6-8-17(22)9-7-16)24-21(27)14-23-19-4-2-3-5-20(19)25-12-10-18(26)11-13-25/h2-9,15,18,23,26H,10-14H2,1H3,(H,24,27). The predicted octanol–water partition coefficient (Wildman–Crippen LogP) is 3.08. The van der Waals surface area contributed by atoms with Gasteiger partial charge >= 0.3 is 0 Å². The Bertz CT molecular complexity index is 758. The van der Waals surface area contributed by atoms with Crippen LogP contribution in [0.5, 0.6) is 0 Å². The molecule has 2 aromatic rings. The summed E-state index contributed by atoms with van der Waals surface area (Å²) in [5.74, 6) is -0.420. The second-order valence-corrected chi connectivity index (χ2v) is 6.93. The molecule has 0 aliphatic carbocycles. The molecule has 1 atom stereocenters. The number of aliphatic hydroxyl groups excluding tert-OH is 1. The molecule has 1 heterocycles. The number of carbonyl (C=O) groups excluding carboxylic acids is 1. The van der Waals surface area contributed by atoms with Crippen LogP contribution in [-0.2, 0) is 4.79 Å². The molecule has 0 aromatic heterocycles. The van der Waals surface area contributed by atoms with E-state index in [1.807, 2.05) is 31.2 Å². The highest BCUT2D eigenvalue weighted by molar-refractivity contribution is 5.83. The minimum Gasteiger partial charge on any atom is -0.393 e. The van der Waals surface area contributed by atoms with Gasteiger partial charge in [0.05, 0.1) is 30.1 Å². The molecule has 27 heavy (non-hydrogen) atoms. The second kappa shape index (κ2) is 8.86. The number of aliphatic hydroxyl groups is 1. The largest absolute Gasteiger partial charge is 0.393 e. The van der Waals surface area contributed by atoms with E-state index >= 15 is 0 Å². The minimum absolute atomic E-state index is 0.129. The van der Waals surface area contributed by atoms with Gasteiger partial charge in [-0.1, -0.05) is 24.3 Å². The summed E-state index contributed by atoms with van der Waals surface area (Å²) in [5, 5.41) is 15.8. The van der Waals surface area contributed by atoms with Crippen LogP contribution >= 0.6 is 0 Å². The predicted molar refractivity (Wildman–Crippen MR) is 105 cm³/mol. The lowest BCUT2D eigenvalue weighted by Crippen LogP contribution is -2.36.